The molecule has 15 nitrogen and oxygen atoms in total. The molecule has 15 heteroatoms. The lowest BCUT2D eigenvalue weighted by atomic mass is 10.0. The van der Waals surface area contributed by atoms with E-state index in [1.807, 2.05) is 0 Å². The zero-order chi connectivity index (χ0) is 34.1. The van der Waals surface area contributed by atoms with E-state index < -0.39 is 29.2 Å². The largest absolute Gasteiger partial charge is 0.354 e. The van der Waals surface area contributed by atoms with Gasteiger partial charge in [0.05, 0.1) is 0 Å². The third kappa shape index (κ3) is 12.5. The van der Waals surface area contributed by atoms with E-state index in [1.165, 1.54) is 0 Å². The van der Waals surface area contributed by atoms with Crippen LogP contribution in [0.25, 0.3) is 0 Å². The summed E-state index contributed by atoms with van der Waals surface area (Å²) in [6, 6.07) is 0. The number of amides is 6. The Morgan fingerprint density at radius 1 is 0.438 bits per heavy atom. The molecule has 1 aromatic rings. The van der Waals surface area contributed by atoms with Gasteiger partial charge in [-0.1, -0.05) is 38.5 Å². The van der Waals surface area contributed by atoms with Crippen LogP contribution < -0.4 is 31.9 Å². The Hall–Kier alpha value is -4.17. The molecule has 0 bridgehead atoms. The molecule has 3 saturated carbocycles. The number of rotatable bonds is 18. The molecule has 48 heavy (non-hydrogen) atoms. The van der Waals surface area contributed by atoms with Gasteiger partial charge in [-0.15, -0.1) is 10.2 Å². The number of carbonyl (C=O) groups excluding carboxylic acids is 6. The Morgan fingerprint density at radius 2 is 0.771 bits per heavy atom. The summed E-state index contributed by atoms with van der Waals surface area (Å²) in [6.45, 7) is 0.836. The maximum absolute atomic E-state index is 13.2. The van der Waals surface area contributed by atoms with E-state index in [1.54, 1.807) is 0 Å². The summed E-state index contributed by atoms with van der Waals surface area (Å²) in [7, 11) is 0. The lowest BCUT2D eigenvalue weighted by Gasteiger charge is -2.12. The van der Waals surface area contributed by atoms with Crippen LogP contribution in [0.15, 0.2) is 0 Å². The van der Waals surface area contributed by atoms with Crippen LogP contribution in [0.4, 0.5) is 0 Å². The second kappa shape index (κ2) is 19.6. The van der Waals surface area contributed by atoms with Crippen molar-refractivity contribution in [1.29, 1.82) is 0 Å². The first-order chi connectivity index (χ1) is 23.3. The molecule has 0 aliphatic heterocycles. The molecule has 3 aliphatic rings. The topological polar surface area (TPSA) is 213 Å². The molecular formula is C33H51N9O6. The molecular weight excluding hydrogens is 618 g/mol. The predicted octanol–water partition coefficient (Wildman–Crippen LogP) is 1.15. The number of hydrogen-bond donors (Lipinski definition) is 6. The Morgan fingerprint density at radius 3 is 1.17 bits per heavy atom. The van der Waals surface area contributed by atoms with Crippen molar-refractivity contribution in [2.24, 2.45) is 17.8 Å². The summed E-state index contributed by atoms with van der Waals surface area (Å²) < 4.78 is 0. The minimum atomic E-state index is -0.766. The number of aromatic nitrogens is 3. The van der Waals surface area contributed by atoms with Crippen LogP contribution in [-0.4, -0.2) is 89.9 Å². The van der Waals surface area contributed by atoms with E-state index in [-0.39, 0.29) is 62.7 Å². The monoisotopic (exact) mass is 669 g/mol. The van der Waals surface area contributed by atoms with Crippen molar-refractivity contribution in [3.05, 3.63) is 17.2 Å². The number of nitrogens with one attached hydrogen (secondary N) is 6. The molecule has 3 fully saturated rings. The van der Waals surface area contributed by atoms with E-state index >= 15 is 0 Å². The Bertz CT molecular complexity index is 1270. The van der Waals surface area contributed by atoms with Gasteiger partial charge in [-0.05, 0) is 56.3 Å². The van der Waals surface area contributed by atoms with Gasteiger partial charge in [0.15, 0.2) is 11.4 Å². The molecule has 1 heterocycles. The Balaban J connectivity index is 1.28. The highest BCUT2D eigenvalue weighted by Crippen LogP contribution is 2.28. The minimum Gasteiger partial charge on any atom is -0.354 e. The number of hydrogen-bond acceptors (Lipinski definition) is 9. The van der Waals surface area contributed by atoms with Crippen LogP contribution in [0.3, 0.4) is 0 Å². The molecule has 264 valence electrons. The molecule has 6 N–H and O–H groups in total. The van der Waals surface area contributed by atoms with Gasteiger partial charge in [0.25, 0.3) is 17.7 Å². The lowest BCUT2D eigenvalue weighted by Crippen LogP contribution is -2.39. The molecule has 1 aromatic heterocycles. The van der Waals surface area contributed by atoms with Crippen LogP contribution in [0.2, 0.25) is 0 Å². The highest BCUT2D eigenvalue weighted by molar-refractivity contribution is 6.05. The van der Waals surface area contributed by atoms with Crippen molar-refractivity contribution < 1.29 is 28.8 Å². The van der Waals surface area contributed by atoms with Crippen molar-refractivity contribution >= 4 is 35.4 Å². The van der Waals surface area contributed by atoms with Crippen molar-refractivity contribution in [3.63, 3.8) is 0 Å². The standard InChI is InChI=1S/C33H51N9O6/c43-25(19-22-7-1-2-8-22)34-13-16-37-31(46)28-29(32(47)38-17-14-35-26(44)20-23-9-3-4-10-23)41-42-30(40-28)33(48)39-18-15-36-27(45)21-24-11-5-6-12-24/h22-24H,1-21H2,(H,34,43)(H,35,44)(H,36,45)(H,37,46)(H,38,47)(H,39,48). The van der Waals surface area contributed by atoms with Crippen LogP contribution >= 0.6 is 0 Å². The van der Waals surface area contributed by atoms with Gasteiger partial charge < -0.3 is 31.9 Å². The molecule has 0 saturated heterocycles. The summed E-state index contributed by atoms with van der Waals surface area (Å²) in [5, 5.41) is 23.8. The fraction of sp³-hybridized carbons (Fsp3) is 0.727. The van der Waals surface area contributed by atoms with Gasteiger partial charge in [0, 0.05) is 58.5 Å². The molecule has 0 unspecified atom stereocenters. The van der Waals surface area contributed by atoms with E-state index in [9.17, 15) is 28.8 Å². The highest BCUT2D eigenvalue weighted by Gasteiger charge is 2.25. The molecule has 0 aromatic carbocycles. The summed E-state index contributed by atoms with van der Waals surface area (Å²) in [4.78, 5) is 79.7. The second-order valence-corrected chi connectivity index (χ2v) is 13.2. The Kier molecular flexibility index (Phi) is 15.0. The maximum atomic E-state index is 13.2. The molecule has 0 radical (unpaired) electrons. The smallest absolute Gasteiger partial charge is 0.291 e. The van der Waals surface area contributed by atoms with Crippen molar-refractivity contribution in [1.82, 2.24) is 47.1 Å². The molecule has 6 amide bonds. The van der Waals surface area contributed by atoms with Crippen LogP contribution in [0, 0.1) is 17.8 Å². The normalized spacial score (nSPS) is 16.8. The first-order valence-corrected chi connectivity index (χ1v) is 17.7. The number of nitrogens with zero attached hydrogens (tertiary/aromatic N) is 3. The van der Waals surface area contributed by atoms with Gasteiger partial charge in [0.1, 0.15) is 0 Å². The summed E-state index contributed by atoms with van der Waals surface area (Å²) in [5.41, 5.74) is -0.786. The van der Waals surface area contributed by atoms with Gasteiger partial charge in [0.2, 0.25) is 23.5 Å². The van der Waals surface area contributed by atoms with Crippen LogP contribution in [-0.2, 0) is 14.4 Å². The fourth-order valence-electron chi connectivity index (χ4n) is 6.76. The van der Waals surface area contributed by atoms with Crippen LogP contribution in [0.1, 0.15) is 128 Å². The quantitative estimate of drug-likeness (QED) is 0.124. The third-order valence-electron chi connectivity index (χ3n) is 9.36. The van der Waals surface area contributed by atoms with Gasteiger partial charge in [-0.25, -0.2) is 4.98 Å². The second-order valence-electron chi connectivity index (χ2n) is 13.2. The SMILES string of the molecule is O=C(CC1CCCC1)NCCNC(=O)c1nnc(C(=O)NCCNC(=O)CC2CCCC2)c(C(=O)NCCNC(=O)CC2CCCC2)n1. The Labute approximate surface area is 281 Å². The van der Waals surface area contributed by atoms with Crippen molar-refractivity contribution in [2.45, 2.75) is 96.3 Å². The molecule has 3 aliphatic carbocycles. The average Bonchev–Trinajstić information content (AvgIpc) is 3.89. The number of carbonyl (C=O) groups is 6. The minimum absolute atomic E-state index is 0.0634. The summed E-state index contributed by atoms with van der Waals surface area (Å²) in [6.07, 6.45) is 14.6. The van der Waals surface area contributed by atoms with Crippen LogP contribution in [0.5, 0.6) is 0 Å². The van der Waals surface area contributed by atoms with E-state index in [2.05, 4.69) is 47.1 Å². The van der Waals surface area contributed by atoms with E-state index in [4.69, 9.17) is 0 Å². The zero-order valence-electron chi connectivity index (χ0n) is 27.9. The van der Waals surface area contributed by atoms with Gasteiger partial charge in [-0.3, -0.25) is 28.8 Å². The third-order valence-corrected chi connectivity index (χ3v) is 9.36. The van der Waals surface area contributed by atoms with Gasteiger partial charge in [-0.2, -0.15) is 0 Å². The lowest BCUT2D eigenvalue weighted by molar-refractivity contribution is -0.122. The first kappa shape index (κ1) is 36.7. The van der Waals surface area contributed by atoms with Crippen molar-refractivity contribution in [2.75, 3.05) is 39.3 Å². The molecule has 4 rings (SSSR count). The van der Waals surface area contributed by atoms with Crippen molar-refractivity contribution in [3.8, 4) is 0 Å². The van der Waals surface area contributed by atoms with E-state index in [0.717, 1.165) is 77.0 Å². The summed E-state index contributed by atoms with van der Waals surface area (Å²) in [5.74, 6) is -1.66. The summed E-state index contributed by atoms with van der Waals surface area (Å²) >= 11 is 0. The molecule has 0 spiro atoms. The zero-order valence-corrected chi connectivity index (χ0v) is 27.9. The highest BCUT2D eigenvalue weighted by atomic mass is 16.2. The average molecular weight is 670 g/mol. The fourth-order valence-corrected chi connectivity index (χ4v) is 6.76. The predicted molar refractivity (Wildman–Crippen MR) is 176 cm³/mol. The first-order valence-electron chi connectivity index (χ1n) is 17.7. The van der Waals surface area contributed by atoms with Gasteiger partial charge >= 0.3 is 0 Å². The van der Waals surface area contributed by atoms with E-state index in [0.29, 0.717) is 37.0 Å². The molecule has 0 atom stereocenters. The maximum Gasteiger partial charge on any atom is 0.291 e.